The molecule has 2 bridgehead atoms. The minimum atomic E-state index is 0.0781. The molecule has 0 saturated heterocycles. The van der Waals surface area contributed by atoms with Gasteiger partial charge in [-0.15, -0.1) is 0 Å². The molecule has 0 amide bonds. The summed E-state index contributed by atoms with van der Waals surface area (Å²) in [6.07, 6.45) is 3.65. The van der Waals surface area contributed by atoms with Gasteiger partial charge in [0.2, 0.25) is 0 Å². The average Bonchev–Trinajstić information content (AvgIpc) is 2.36. The minimum Gasteiger partial charge on any atom is -0.0990 e. The number of rotatable bonds is 0. The van der Waals surface area contributed by atoms with Gasteiger partial charge in [0, 0.05) is 0 Å². The minimum absolute atomic E-state index is 0.0781. The van der Waals surface area contributed by atoms with Crippen LogP contribution in [0.2, 0.25) is 5.31 Å². The van der Waals surface area contributed by atoms with Crippen molar-refractivity contribution < 1.29 is 0 Å². The van der Waals surface area contributed by atoms with E-state index in [0.29, 0.717) is 0 Å². The van der Waals surface area contributed by atoms with E-state index >= 15 is 0 Å². The zero-order valence-corrected chi connectivity index (χ0v) is 7.48. The number of hydrogen-bond donors (Lipinski definition) is 0. The Labute approximate surface area is 70.5 Å². The Hall–Kier alpha value is -0.195. The van der Waals surface area contributed by atoms with Gasteiger partial charge >= 0.3 is 0 Å². The summed E-state index contributed by atoms with van der Waals surface area (Å²) in [7, 11) is 6.31. The van der Waals surface area contributed by atoms with Crippen LogP contribution in [0.5, 0.6) is 0 Å². The van der Waals surface area contributed by atoms with Crippen LogP contribution in [0.25, 0.3) is 0 Å². The molecule has 1 heteroatoms. The zero-order valence-electron chi connectivity index (χ0n) is 7.48. The van der Waals surface area contributed by atoms with Crippen LogP contribution < -0.4 is 0 Å². The summed E-state index contributed by atoms with van der Waals surface area (Å²) >= 11 is 0. The van der Waals surface area contributed by atoms with Crippen LogP contribution in [0.1, 0.15) is 33.1 Å². The van der Waals surface area contributed by atoms with Crippen molar-refractivity contribution in [2.45, 2.75) is 38.4 Å². The lowest BCUT2D eigenvalue weighted by molar-refractivity contribution is 0.308. The van der Waals surface area contributed by atoms with Crippen LogP contribution in [0, 0.1) is 11.3 Å². The first-order valence-electron chi connectivity index (χ1n) is 4.45. The molecule has 0 N–H and O–H groups in total. The summed E-state index contributed by atoms with van der Waals surface area (Å²) in [6.45, 7) is 8.64. The van der Waals surface area contributed by atoms with Crippen molar-refractivity contribution in [3.63, 3.8) is 0 Å². The molecule has 2 aliphatic carbocycles. The molecule has 2 unspecified atom stereocenters. The molecule has 2 fully saturated rings. The molecular formula is C10H15B. The fourth-order valence-electron chi connectivity index (χ4n) is 2.77. The molecule has 2 rings (SSSR count). The predicted octanol–water partition coefficient (Wildman–Crippen LogP) is 2.71. The summed E-state index contributed by atoms with van der Waals surface area (Å²) in [6, 6.07) is 0. The van der Waals surface area contributed by atoms with Crippen molar-refractivity contribution in [1.29, 1.82) is 0 Å². The molecular weight excluding hydrogens is 131 g/mol. The largest absolute Gasteiger partial charge is 0.0990 e. The molecule has 11 heavy (non-hydrogen) atoms. The standard InChI is InChI=1S/C10H15B/c1-7-8-4-5-10(11,6-8)9(7,2)3/h8H,1,4-6H2,2-3H3. The third-order valence-electron chi connectivity index (χ3n) is 4.09. The van der Waals surface area contributed by atoms with E-state index in [2.05, 4.69) is 20.4 Å². The smallest absolute Gasteiger partial charge is 0.0758 e. The summed E-state index contributed by atoms with van der Waals surface area (Å²) in [4.78, 5) is 0. The third kappa shape index (κ3) is 0.672. The van der Waals surface area contributed by atoms with E-state index < -0.39 is 0 Å². The van der Waals surface area contributed by atoms with Crippen molar-refractivity contribution in [3.05, 3.63) is 12.2 Å². The summed E-state index contributed by atoms with van der Waals surface area (Å²) in [5, 5.41) is 0.0781. The Balaban J connectivity index is 2.44. The maximum atomic E-state index is 6.31. The van der Waals surface area contributed by atoms with Crippen molar-refractivity contribution in [2.24, 2.45) is 11.3 Å². The van der Waals surface area contributed by atoms with Gasteiger partial charge in [-0.1, -0.05) is 37.7 Å². The van der Waals surface area contributed by atoms with Crippen LogP contribution in [0.4, 0.5) is 0 Å². The lowest BCUT2D eigenvalue weighted by Gasteiger charge is -2.41. The van der Waals surface area contributed by atoms with E-state index in [1.54, 1.807) is 0 Å². The third-order valence-corrected chi connectivity index (χ3v) is 4.09. The molecule has 0 aliphatic heterocycles. The molecule has 2 aliphatic rings. The fourth-order valence-corrected chi connectivity index (χ4v) is 2.77. The van der Waals surface area contributed by atoms with Crippen LogP contribution in [-0.2, 0) is 0 Å². The van der Waals surface area contributed by atoms with Gasteiger partial charge in [0.1, 0.15) is 0 Å². The van der Waals surface area contributed by atoms with E-state index in [9.17, 15) is 0 Å². The van der Waals surface area contributed by atoms with Crippen LogP contribution in [0.3, 0.4) is 0 Å². The van der Waals surface area contributed by atoms with Crippen molar-refractivity contribution >= 4 is 7.85 Å². The highest BCUT2D eigenvalue weighted by Gasteiger charge is 2.55. The topological polar surface area (TPSA) is 0 Å². The van der Waals surface area contributed by atoms with E-state index in [4.69, 9.17) is 7.85 Å². The molecule has 58 valence electrons. The molecule has 2 atom stereocenters. The van der Waals surface area contributed by atoms with Crippen LogP contribution in [0.15, 0.2) is 12.2 Å². The first-order valence-corrected chi connectivity index (χ1v) is 4.45. The summed E-state index contributed by atoms with van der Waals surface area (Å²) in [5.74, 6) is 0.731. The van der Waals surface area contributed by atoms with E-state index in [1.807, 2.05) is 0 Å². The Morgan fingerprint density at radius 3 is 2.45 bits per heavy atom. The average molecular weight is 146 g/mol. The van der Waals surface area contributed by atoms with E-state index in [-0.39, 0.29) is 10.7 Å². The Kier molecular flexibility index (Phi) is 1.19. The van der Waals surface area contributed by atoms with Crippen LogP contribution >= 0.6 is 0 Å². The van der Waals surface area contributed by atoms with Crippen molar-refractivity contribution in [3.8, 4) is 0 Å². The Morgan fingerprint density at radius 1 is 1.55 bits per heavy atom. The quantitative estimate of drug-likeness (QED) is 0.364. The maximum Gasteiger partial charge on any atom is 0.0758 e. The fraction of sp³-hybridized carbons (Fsp3) is 0.800. The van der Waals surface area contributed by atoms with Gasteiger partial charge in [0.25, 0.3) is 0 Å². The predicted molar refractivity (Wildman–Crippen MR) is 48.7 cm³/mol. The Morgan fingerprint density at radius 2 is 2.18 bits per heavy atom. The van der Waals surface area contributed by atoms with E-state index in [0.717, 1.165) is 5.92 Å². The van der Waals surface area contributed by atoms with Gasteiger partial charge in [-0.3, -0.25) is 0 Å². The lowest BCUT2D eigenvalue weighted by atomic mass is 9.53. The molecule has 0 aromatic carbocycles. The van der Waals surface area contributed by atoms with E-state index in [1.165, 1.54) is 24.8 Å². The van der Waals surface area contributed by atoms with Gasteiger partial charge < -0.3 is 0 Å². The van der Waals surface area contributed by atoms with Gasteiger partial charge in [-0.05, 0) is 24.2 Å². The molecule has 0 aromatic rings. The van der Waals surface area contributed by atoms with Gasteiger partial charge in [-0.25, -0.2) is 0 Å². The van der Waals surface area contributed by atoms with Gasteiger partial charge in [0.15, 0.2) is 0 Å². The second-order valence-electron chi connectivity index (χ2n) is 4.75. The van der Waals surface area contributed by atoms with Gasteiger partial charge in [-0.2, -0.15) is 0 Å². The molecule has 0 nitrogen and oxygen atoms in total. The molecule has 0 heterocycles. The van der Waals surface area contributed by atoms with Gasteiger partial charge in [0.05, 0.1) is 7.85 Å². The Bertz CT molecular complexity index is 217. The monoisotopic (exact) mass is 146 g/mol. The SMILES string of the molecule is [B]C12CCC(C1)C(=C)C2(C)C. The first-order chi connectivity index (χ1) is 4.97. The van der Waals surface area contributed by atoms with Crippen LogP contribution in [-0.4, -0.2) is 7.85 Å². The number of fused-ring (bicyclic) bond motifs is 2. The highest BCUT2D eigenvalue weighted by atomic mass is 14.6. The second kappa shape index (κ2) is 1.76. The number of hydrogen-bond acceptors (Lipinski definition) is 0. The molecule has 2 radical (unpaired) electrons. The maximum absolute atomic E-state index is 6.31. The van der Waals surface area contributed by atoms with Crippen molar-refractivity contribution in [2.75, 3.05) is 0 Å². The first kappa shape index (κ1) is 7.45. The highest BCUT2D eigenvalue weighted by Crippen LogP contribution is 2.69. The molecule has 0 aromatic heterocycles. The molecule has 2 saturated carbocycles. The lowest BCUT2D eigenvalue weighted by Crippen LogP contribution is -2.28. The zero-order chi connectivity index (χ0) is 8.28. The highest BCUT2D eigenvalue weighted by molar-refractivity contribution is 6.16. The molecule has 0 spiro atoms. The summed E-state index contributed by atoms with van der Waals surface area (Å²) in [5.41, 5.74) is 1.59. The second-order valence-corrected chi connectivity index (χ2v) is 4.75. The normalized spacial score (nSPS) is 46.7. The number of allylic oxidation sites excluding steroid dienone is 1. The van der Waals surface area contributed by atoms with Crippen molar-refractivity contribution in [1.82, 2.24) is 0 Å². The summed E-state index contributed by atoms with van der Waals surface area (Å²) < 4.78 is 0.